The smallest absolute Gasteiger partial charge is 0.116 e. The molecule has 0 spiro atoms. The van der Waals surface area contributed by atoms with Crippen molar-refractivity contribution < 1.29 is 5.11 Å². The van der Waals surface area contributed by atoms with Crippen LogP contribution in [0.4, 0.5) is 0 Å². The first kappa shape index (κ1) is 11.6. The Morgan fingerprint density at radius 2 is 1.50 bits per heavy atom. The number of hydrogen-bond donors (Lipinski definition) is 1. The number of phenols is 1. The normalized spacial score (nSPS) is 10.4. The summed E-state index contributed by atoms with van der Waals surface area (Å²) < 4.78 is 0. The van der Waals surface area contributed by atoms with Gasteiger partial charge in [0.1, 0.15) is 5.75 Å². The van der Waals surface area contributed by atoms with E-state index < -0.39 is 0 Å². The summed E-state index contributed by atoms with van der Waals surface area (Å²) in [6.45, 7) is 0. The number of benzene rings is 2. The molecule has 4 heteroatoms. The van der Waals surface area contributed by atoms with E-state index in [1.165, 1.54) is 0 Å². The first-order chi connectivity index (χ1) is 7.58. The first-order valence-corrected chi connectivity index (χ1v) is 5.65. The molecule has 0 aliphatic heterocycles. The van der Waals surface area contributed by atoms with E-state index in [0.717, 1.165) is 5.56 Å². The molecule has 0 aliphatic carbocycles. The Labute approximate surface area is 108 Å². The highest BCUT2D eigenvalue weighted by Gasteiger charge is 2.10. The molecule has 2 aromatic carbocycles. The maximum atomic E-state index is 9.40. The maximum absolute atomic E-state index is 9.40. The lowest BCUT2D eigenvalue weighted by molar-refractivity contribution is 0.475. The zero-order valence-corrected chi connectivity index (χ0v) is 10.3. The third-order valence-corrected chi connectivity index (χ3v) is 2.96. The molecular weight excluding hydrogens is 266 g/mol. The Hall–Kier alpha value is -0.890. The SMILES string of the molecule is Oc1cccc(-c2c(Cl)cc(Cl)cc2Cl)c1. The van der Waals surface area contributed by atoms with Crippen LogP contribution in [0.25, 0.3) is 11.1 Å². The van der Waals surface area contributed by atoms with Crippen LogP contribution in [0, 0.1) is 0 Å². The van der Waals surface area contributed by atoms with Crippen LogP contribution in [0.15, 0.2) is 36.4 Å². The highest BCUT2D eigenvalue weighted by atomic mass is 35.5. The molecule has 0 saturated carbocycles. The topological polar surface area (TPSA) is 20.2 Å². The van der Waals surface area contributed by atoms with Crippen LogP contribution in [-0.2, 0) is 0 Å². The number of aromatic hydroxyl groups is 1. The average molecular weight is 274 g/mol. The highest BCUT2D eigenvalue weighted by molar-refractivity contribution is 6.41. The molecule has 0 amide bonds. The van der Waals surface area contributed by atoms with E-state index in [0.29, 0.717) is 20.6 Å². The van der Waals surface area contributed by atoms with E-state index in [1.54, 1.807) is 30.3 Å². The van der Waals surface area contributed by atoms with E-state index in [4.69, 9.17) is 34.8 Å². The molecule has 2 aromatic rings. The van der Waals surface area contributed by atoms with Crippen LogP contribution >= 0.6 is 34.8 Å². The minimum absolute atomic E-state index is 0.166. The molecule has 0 radical (unpaired) electrons. The molecule has 16 heavy (non-hydrogen) atoms. The van der Waals surface area contributed by atoms with Crippen molar-refractivity contribution in [2.75, 3.05) is 0 Å². The van der Waals surface area contributed by atoms with Gasteiger partial charge in [-0.2, -0.15) is 0 Å². The second kappa shape index (κ2) is 4.54. The number of phenolic OH excluding ortho intramolecular Hbond substituents is 1. The summed E-state index contributed by atoms with van der Waals surface area (Å²) in [6.07, 6.45) is 0. The lowest BCUT2D eigenvalue weighted by Gasteiger charge is -2.08. The van der Waals surface area contributed by atoms with Crippen LogP contribution in [0.2, 0.25) is 15.1 Å². The van der Waals surface area contributed by atoms with Gasteiger partial charge in [0.05, 0.1) is 10.0 Å². The van der Waals surface area contributed by atoms with Crippen molar-refractivity contribution in [1.29, 1.82) is 0 Å². The molecule has 82 valence electrons. The van der Waals surface area contributed by atoms with E-state index >= 15 is 0 Å². The van der Waals surface area contributed by atoms with Crippen LogP contribution in [0.5, 0.6) is 5.75 Å². The Bertz CT molecular complexity index is 515. The van der Waals surface area contributed by atoms with Gasteiger partial charge in [0.2, 0.25) is 0 Å². The maximum Gasteiger partial charge on any atom is 0.116 e. The molecule has 1 nitrogen and oxygen atoms in total. The number of hydrogen-bond acceptors (Lipinski definition) is 1. The predicted molar refractivity (Wildman–Crippen MR) is 68.6 cm³/mol. The number of halogens is 3. The minimum atomic E-state index is 0.166. The molecule has 0 atom stereocenters. The quantitative estimate of drug-likeness (QED) is 0.773. The van der Waals surface area contributed by atoms with Gasteiger partial charge in [-0.15, -0.1) is 0 Å². The molecule has 1 N–H and O–H groups in total. The van der Waals surface area contributed by atoms with Gasteiger partial charge in [-0.3, -0.25) is 0 Å². The van der Waals surface area contributed by atoms with Crippen LogP contribution in [0.1, 0.15) is 0 Å². The van der Waals surface area contributed by atoms with Crippen molar-refractivity contribution in [3.8, 4) is 16.9 Å². The standard InChI is InChI=1S/C12H7Cl3O/c13-8-5-10(14)12(11(15)6-8)7-2-1-3-9(16)4-7/h1-6,16H. The summed E-state index contributed by atoms with van der Waals surface area (Å²) in [5.74, 6) is 0.166. The average Bonchev–Trinajstić information content (AvgIpc) is 2.15. The van der Waals surface area contributed by atoms with Gasteiger partial charge in [-0.05, 0) is 29.8 Å². The van der Waals surface area contributed by atoms with Crippen molar-refractivity contribution in [2.45, 2.75) is 0 Å². The minimum Gasteiger partial charge on any atom is -0.508 e. The fourth-order valence-electron chi connectivity index (χ4n) is 1.48. The van der Waals surface area contributed by atoms with E-state index in [1.807, 2.05) is 6.07 Å². The lowest BCUT2D eigenvalue weighted by Crippen LogP contribution is -1.82. The Balaban J connectivity index is 2.64. The molecule has 0 unspecified atom stereocenters. The summed E-state index contributed by atoms with van der Waals surface area (Å²) >= 11 is 18.0. The molecular formula is C12H7Cl3O. The van der Waals surface area contributed by atoms with Crippen molar-refractivity contribution in [3.63, 3.8) is 0 Å². The van der Waals surface area contributed by atoms with Gasteiger partial charge in [0.25, 0.3) is 0 Å². The van der Waals surface area contributed by atoms with Gasteiger partial charge >= 0.3 is 0 Å². The molecule has 0 aliphatic rings. The fourth-order valence-corrected chi connectivity index (χ4v) is 2.51. The second-order valence-corrected chi connectivity index (χ2v) is 4.55. The summed E-state index contributed by atoms with van der Waals surface area (Å²) in [6, 6.07) is 9.97. The molecule has 0 bridgehead atoms. The van der Waals surface area contributed by atoms with Crippen LogP contribution in [-0.4, -0.2) is 5.11 Å². The summed E-state index contributed by atoms with van der Waals surface area (Å²) in [4.78, 5) is 0. The van der Waals surface area contributed by atoms with Gasteiger partial charge in [-0.25, -0.2) is 0 Å². The number of rotatable bonds is 1. The zero-order valence-electron chi connectivity index (χ0n) is 8.05. The monoisotopic (exact) mass is 272 g/mol. The summed E-state index contributed by atoms with van der Waals surface area (Å²) in [5, 5.41) is 10.8. The van der Waals surface area contributed by atoms with Crippen molar-refractivity contribution in [3.05, 3.63) is 51.5 Å². The lowest BCUT2D eigenvalue weighted by atomic mass is 10.1. The van der Waals surface area contributed by atoms with Crippen LogP contribution < -0.4 is 0 Å². The van der Waals surface area contributed by atoms with Gasteiger partial charge in [0, 0.05) is 10.6 Å². The van der Waals surface area contributed by atoms with Gasteiger partial charge < -0.3 is 5.11 Å². The Morgan fingerprint density at radius 1 is 0.875 bits per heavy atom. The first-order valence-electron chi connectivity index (χ1n) is 4.52. The van der Waals surface area contributed by atoms with Crippen LogP contribution in [0.3, 0.4) is 0 Å². The molecule has 0 fully saturated rings. The third kappa shape index (κ3) is 2.27. The van der Waals surface area contributed by atoms with E-state index in [-0.39, 0.29) is 5.75 Å². The highest BCUT2D eigenvalue weighted by Crippen LogP contribution is 2.37. The van der Waals surface area contributed by atoms with Crippen molar-refractivity contribution >= 4 is 34.8 Å². The van der Waals surface area contributed by atoms with Gasteiger partial charge in [0.15, 0.2) is 0 Å². The fraction of sp³-hybridized carbons (Fsp3) is 0. The largest absolute Gasteiger partial charge is 0.508 e. The predicted octanol–water partition coefficient (Wildman–Crippen LogP) is 5.02. The molecule has 2 rings (SSSR count). The zero-order chi connectivity index (χ0) is 11.7. The molecule has 0 saturated heterocycles. The van der Waals surface area contributed by atoms with Crippen molar-refractivity contribution in [2.24, 2.45) is 0 Å². The molecule has 0 heterocycles. The molecule has 0 aromatic heterocycles. The second-order valence-electron chi connectivity index (χ2n) is 3.29. The van der Waals surface area contributed by atoms with Crippen molar-refractivity contribution in [1.82, 2.24) is 0 Å². The Kier molecular flexibility index (Phi) is 3.29. The summed E-state index contributed by atoms with van der Waals surface area (Å²) in [5.41, 5.74) is 1.43. The van der Waals surface area contributed by atoms with E-state index in [9.17, 15) is 5.11 Å². The Morgan fingerprint density at radius 3 is 2.06 bits per heavy atom. The summed E-state index contributed by atoms with van der Waals surface area (Å²) in [7, 11) is 0. The third-order valence-electron chi connectivity index (χ3n) is 2.14. The van der Waals surface area contributed by atoms with Gasteiger partial charge in [-0.1, -0.05) is 46.9 Å². The van der Waals surface area contributed by atoms with E-state index in [2.05, 4.69) is 0 Å².